The van der Waals surface area contributed by atoms with Crippen LogP contribution in [0.3, 0.4) is 0 Å². The van der Waals surface area contributed by atoms with Gasteiger partial charge in [0.25, 0.3) is 0 Å². The molecule has 2 N–H and O–H groups in total. The summed E-state index contributed by atoms with van der Waals surface area (Å²) in [6.45, 7) is 2.17. The van der Waals surface area contributed by atoms with E-state index in [-0.39, 0.29) is 11.7 Å². The van der Waals surface area contributed by atoms with E-state index in [0.29, 0.717) is 17.3 Å². The van der Waals surface area contributed by atoms with Crippen LogP contribution in [0.25, 0.3) is 0 Å². The van der Waals surface area contributed by atoms with E-state index in [0.717, 1.165) is 11.3 Å². The zero-order valence-corrected chi connectivity index (χ0v) is 13.1. The molecule has 2 aromatic rings. The molecule has 0 aliphatic carbocycles. The van der Waals surface area contributed by atoms with Crippen molar-refractivity contribution in [3.8, 4) is 5.75 Å². The van der Waals surface area contributed by atoms with Gasteiger partial charge in [-0.05, 0) is 24.6 Å². The smallest absolute Gasteiger partial charge is 0.345 e. The number of hydrogen-bond acceptors (Lipinski definition) is 6. The normalized spacial score (nSPS) is 10.3. The van der Waals surface area contributed by atoms with Gasteiger partial charge in [0.05, 0.1) is 36.3 Å². The van der Waals surface area contributed by atoms with Crippen molar-refractivity contribution in [3.05, 3.63) is 46.3 Å². The molecule has 0 radical (unpaired) electrons. The first-order valence-electron chi connectivity index (χ1n) is 6.53. The molecule has 1 amide bonds. The number of amides is 1. The second kappa shape index (κ2) is 7.60. The van der Waals surface area contributed by atoms with E-state index in [9.17, 15) is 9.59 Å². The molecule has 0 unspecified atom stereocenters. The Kier molecular flexibility index (Phi) is 5.54. The van der Waals surface area contributed by atoms with Gasteiger partial charge >= 0.3 is 5.69 Å². The highest BCUT2D eigenvalue weighted by Crippen LogP contribution is 2.16. The van der Waals surface area contributed by atoms with Crippen molar-refractivity contribution in [2.45, 2.75) is 18.5 Å². The van der Waals surface area contributed by atoms with Crippen LogP contribution in [0.4, 0.5) is 0 Å². The number of carbonyl (C=O) groups excluding carboxylic acids is 1. The summed E-state index contributed by atoms with van der Waals surface area (Å²) in [6.07, 6.45) is 3.08. The lowest BCUT2D eigenvalue weighted by atomic mass is 10.3. The minimum atomic E-state index is -0.420. The molecule has 0 fully saturated rings. The molecule has 8 heteroatoms. The molecular weight excluding hydrogens is 304 g/mol. The third-order valence-electron chi connectivity index (χ3n) is 2.80. The fourth-order valence-electron chi connectivity index (χ4n) is 1.61. The number of rotatable bonds is 6. The Balaban J connectivity index is 1.82. The molecule has 0 saturated heterocycles. The lowest BCUT2D eigenvalue weighted by Gasteiger charge is -2.06. The van der Waals surface area contributed by atoms with E-state index in [1.807, 2.05) is 6.92 Å². The third kappa shape index (κ3) is 4.59. The van der Waals surface area contributed by atoms with Gasteiger partial charge in [0, 0.05) is 6.20 Å². The minimum Gasteiger partial charge on any atom is -0.495 e. The van der Waals surface area contributed by atoms with E-state index in [1.54, 1.807) is 25.4 Å². The second-order valence-electron chi connectivity index (χ2n) is 4.46. The predicted octanol–water partition coefficient (Wildman–Crippen LogP) is 0.890. The number of aromatic nitrogens is 3. The van der Waals surface area contributed by atoms with E-state index >= 15 is 0 Å². The largest absolute Gasteiger partial charge is 0.495 e. The summed E-state index contributed by atoms with van der Waals surface area (Å²) in [6, 6.07) is 3.57. The Morgan fingerprint density at radius 1 is 1.36 bits per heavy atom. The number of carbonyl (C=O) groups is 1. The van der Waals surface area contributed by atoms with Crippen LogP contribution in [0.5, 0.6) is 5.75 Å². The standard InChI is InChI=1S/C14H16N4O3S/c1-9-5-17-14(20)18-13(9)22-8-12(19)16-6-10-3-4-11(21-2)7-15-10/h3-5,7H,6,8H2,1-2H3,(H,16,19)(H,17,18,20). The Morgan fingerprint density at radius 2 is 2.18 bits per heavy atom. The molecule has 0 aliphatic heterocycles. The number of ether oxygens (including phenoxy) is 1. The van der Waals surface area contributed by atoms with Crippen LogP contribution in [-0.2, 0) is 11.3 Å². The first-order chi connectivity index (χ1) is 10.6. The maximum Gasteiger partial charge on any atom is 0.345 e. The fourth-order valence-corrected chi connectivity index (χ4v) is 2.42. The molecule has 7 nitrogen and oxygen atoms in total. The van der Waals surface area contributed by atoms with Crippen molar-refractivity contribution < 1.29 is 9.53 Å². The van der Waals surface area contributed by atoms with Gasteiger partial charge in [-0.1, -0.05) is 11.8 Å². The number of H-pyrrole nitrogens is 1. The van der Waals surface area contributed by atoms with Crippen LogP contribution in [0, 0.1) is 6.92 Å². The summed E-state index contributed by atoms with van der Waals surface area (Å²) < 4.78 is 5.02. The summed E-state index contributed by atoms with van der Waals surface area (Å²) in [7, 11) is 1.57. The maximum atomic E-state index is 11.8. The molecule has 22 heavy (non-hydrogen) atoms. The van der Waals surface area contributed by atoms with E-state index < -0.39 is 5.69 Å². The summed E-state index contributed by atoms with van der Waals surface area (Å²) in [5.41, 5.74) is 1.15. The number of methoxy groups -OCH3 is 1. The van der Waals surface area contributed by atoms with Gasteiger partial charge in [0.1, 0.15) is 5.75 Å². The van der Waals surface area contributed by atoms with Crippen LogP contribution in [0.1, 0.15) is 11.3 Å². The average Bonchev–Trinajstić information content (AvgIpc) is 2.54. The van der Waals surface area contributed by atoms with Crippen LogP contribution in [0.15, 0.2) is 34.3 Å². The quantitative estimate of drug-likeness (QED) is 0.606. The molecule has 2 heterocycles. The molecule has 0 atom stereocenters. The van der Waals surface area contributed by atoms with Crippen LogP contribution in [-0.4, -0.2) is 33.7 Å². The monoisotopic (exact) mass is 320 g/mol. The van der Waals surface area contributed by atoms with Gasteiger partial charge < -0.3 is 15.0 Å². The van der Waals surface area contributed by atoms with Gasteiger partial charge in [0.2, 0.25) is 5.91 Å². The van der Waals surface area contributed by atoms with E-state index in [4.69, 9.17) is 4.74 Å². The summed E-state index contributed by atoms with van der Waals surface area (Å²) in [4.78, 5) is 33.4. The third-order valence-corrected chi connectivity index (χ3v) is 3.92. The first-order valence-corrected chi connectivity index (χ1v) is 7.51. The van der Waals surface area contributed by atoms with E-state index in [2.05, 4.69) is 20.3 Å². The highest BCUT2D eigenvalue weighted by atomic mass is 32.2. The molecule has 0 aliphatic rings. The molecule has 0 saturated carbocycles. The maximum absolute atomic E-state index is 11.8. The second-order valence-corrected chi connectivity index (χ2v) is 5.44. The highest BCUT2D eigenvalue weighted by molar-refractivity contribution is 7.99. The Hall–Kier alpha value is -2.35. The molecule has 2 rings (SSSR count). The molecule has 116 valence electrons. The van der Waals surface area contributed by atoms with Crippen molar-refractivity contribution in [3.63, 3.8) is 0 Å². The topological polar surface area (TPSA) is 97.0 Å². The first kappa shape index (κ1) is 16.0. The van der Waals surface area contributed by atoms with Crippen molar-refractivity contribution in [1.29, 1.82) is 0 Å². The van der Waals surface area contributed by atoms with Gasteiger partial charge in [-0.3, -0.25) is 9.78 Å². The van der Waals surface area contributed by atoms with Crippen molar-refractivity contribution in [2.24, 2.45) is 0 Å². The molecule has 0 bridgehead atoms. The van der Waals surface area contributed by atoms with Crippen LogP contribution < -0.4 is 15.7 Å². The summed E-state index contributed by atoms with van der Waals surface area (Å²) >= 11 is 1.26. The number of aryl methyl sites for hydroxylation is 1. The van der Waals surface area contributed by atoms with Gasteiger partial charge in [-0.2, -0.15) is 0 Å². The van der Waals surface area contributed by atoms with Gasteiger partial charge in [0.15, 0.2) is 0 Å². The fraction of sp³-hybridized carbons (Fsp3) is 0.286. The minimum absolute atomic E-state index is 0.139. The lowest BCUT2D eigenvalue weighted by molar-refractivity contribution is -0.118. The average molecular weight is 320 g/mol. The Labute approximate surface area is 131 Å². The number of hydrogen-bond donors (Lipinski definition) is 2. The van der Waals surface area contributed by atoms with Crippen molar-refractivity contribution in [1.82, 2.24) is 20.3 Å². The van der Waals surface area contributed by atoms with E-state index in [1.165, 1.54) is 18.0 Å². The lowest BCUT2D eigenvalue weighted by Crippen LogP contribution is -2.25. The van der Waals surface area contributed by atoms with Crippen molar-refractivity contribution >= 4 is 17.7 Å². The molecular formula is C14H16N4O3S. The van der Waals surface area contributed by atoms with Crippen LogP contribution in [0.2, 0.25) is 0 Å². The molecule has 0 aromatic carbocycles. The SMILES string of the molecule is COc1ccc(CNC(=O)CSc2[nH]c(=O)ncc2C)nc1. The van der Waals surface area contributed by atoms with Gasteiger partial charge in [-0.25, -0.2) is 9.78 Å². The zero-order chi connectivity index (χ0) is 15.9. The summed E-state index contributed by atoms with van der Waals surface area (Å²) in [5, 5.41) is 3.42. The number of nitrogens with one attached hydrogen (secondary N) is 2. The Morgan fingerprint density at radius 3 is 2.86 bits per heavy atom. The zero-order valence-electron chi connectivity index (χ0n) is 12.3. The Bertz CT molecular complexity index is 700. The van der Waals surface area contributed by atoms with Gasteiger partial charge in [-0.15, -0.1) is 0 Å². The predicted molar refractivity (Wildman–Crippen MR) is 83.0 cm³/mol. The molecule has 0 spiro atoms. The van der Waals surface area contributed by atoms with Crippen LogP contribution >= 0.6 is 11.8 Å². The highest BCUT2D eigenvalue weighted by Gasteiger charge is 2.06. The molecule has 2 aromatic heterocycles. The number of nitrogens with zero attached hydrogens (tertiary/aromatic N) is 2. The van der Waals surface area contributed by atoms with Crippen molar-refractivity contribution in [2.75, 3.05) is 12.9 Å². The number of aromatic amines is 1. The summed E-state index contributed by atoms with van der Waals surface area (Å²) in [5.74, 6) is 0.735. The number of thioether (sulfide) groups is 1. The number of pyridine rings is 1.